The third-order valence-electron chi connectivity index (χ3n) is 3.25. The number of fused-ring (bicyclic) bond motifs is 1. The number of nitrogens with zero attached hydrogens (tertiary/aromatic N) is 2. The Labute approximate surface area is 102 Å². The molecule has 1 N–H and O–H groups in total. The van der Waals surface area contributed by atoms with Crippen molar-refractivity contribution >= 4 is 11.0 Å². The molecule has 0 bridgehead atoms. The van der Waals surface area contributed by atoms with Crippen molar-refractivity contribution in [2.24, 2.45) is 0 Å². The van der Waals surface area contributed by atoms with E-state index in [-0.39, 0.29) is 0 Å². The lowest BCUT2D eigenvalue weighted by Crippen LogP contribution is -2.23. The third kappa shape index (κ3) is 2.07. The molecule has 0 aliphatic heterocycles. The monoisotopic (exact) mass is 229 g/mol. The lowest BCUT2D eigenvalue weighted by atomic mass is 10.3. The van der Waals surface area contributed by atoms with Gasteiger partial charge in [0.25, 0.3) is 0 Å². The number of rotatable bonds is 4. The normalized spacial score (nSPS) is 15.9. The summed E-state index contributed by atoms with van der Waals surface area (Å²) < 4.78 is 2.42. The molecule has 1 saturated carbocycles. The maximum atomic E-state index is 4.75. The Morgan fingerprint density at radius 1 is 1.35 bits per heavy atom. The minimum absolute atomic E-state index is 0.502. The minimum atomic E-state index is 0.502. The van der Waals surface area contributed by atoms with Crippen molar-refractivity contribution in [3.63, 3.8) is 0 Å². The predicted octanol–water partition coefficient (Wildman–Crippen LogP) is 2.87. The molecule has 0 amide bonds. The van der Waals surface area contributed by atoms with Crippen LogP contribution in [0, 0.1) is 0 Å². The Morgan fingerprint density at radius 3 is 2.82 bits per heavy atom. The summed E-state index contributed by atoms with van der Waals surface area (Å²) in [7, 11) is 0. The van der Waals surface area contributed by atoms with E-state index in [0.29, 0.717) is 12.1 Å². The highest BCUT2D eigenvalue weighted by Gasteiger charge is 2.27. The third-order valence-corrected chi connectivity index (χ3v) is 3.25. The van der Waals surface area contributed by atoms with E-state index in [9.17, 15) is 0 Å². The van der Waals surface area contributed by atoms with E-state index in [2.05, 4.69) is 48.0 Å². The first kappa shape index (κ1) is 10.8. The number of imidazole rings is 1. The van der Waals surface area contributed by atoms with Crippen LogP contribution in [0.15, 0.2) is 24.3 Å². The molecule has 1 aromatic carbocycles. The first-order chi connectivity index (χ1) is 8.25. The number of hydrogen-bond donors (Lipinski definition) is 1. The average Bonchev–Trinajstić information content (AvgIpc) is 3.07. The van der Waals surface area contributed by atoms with Crippen LogP contribution in [-0.4, -0.2) is 15.6 Å². The van der Waals surface area contributed by atoms with E-state index in [1.807, 2.05) is 0 Å². The Kier molecular flexibility index (Phi) is 2.63. The van der Waals surface area contributed by atoms with Gasteiger partial charge in [-0.25, -0.2) is 4.98 Å². The fourth-order valence-corrected chi connectivity index (χ4v) is 2.25. The Bertz CT molecular complexity index is 523. The van der Waals surface area contributed by atoms with Gasteiger partial charge in [0.1, 0.15) is 5.82 Å². The number of hydrogen-bond acceptors (Lipinski definition) is 2. The van der Waals surface area contributed by atoms with Gasteiger partial charge >= 0.3 is 0 Å². The molecule has 1 aliphatic carbocycles. The number of para-hydroxylation sites is 2. The maximum absolute atomic E-state index is 4.75. The van der Waals surface area contributed by atoms with Crippen LogP contribution in [0.3, 0.4) is 0 Å². The van der Waals surface area contributed by atoms with Gasteiger partial charge in [-0.15, -0.1) is 0 Å². The van der Waals surface area contributed by atoms with Crippen molar-refractivity contribution < 1.29 is 0 Å². The van der Waals surface area contributed by atoms with E-state index in [1.165, 1.54) is 24.2 Å². The zero-order chi connectivity index (χ0) is 11.8. The fourth-order valence-electron chi connectivity index (χ4n) is 2.25. The van der Waals surface area contributed by atoms with E-state index in [4.69, 9.17) is 4.98 Å². The Hall–Kier alpha value is -1.35. The van der Waals surface area contributed by atoms with Gasteiger partial charge in [0.05, 0.1) is 17.6 Å². The largest absolute Gasteiger partial charge is 0.324 e. The summed E-state index contributed by atoms with van der Waals surface area (Å²) in [6.07, 6.45) is 2.60. The highest BCUT2D eigenvalue weighted by atomic mass is 15.2. The summed E-state index contributed by atoms with van der Waals surface area (Å²) in [6, 6.07) is 9.63. The molecule has 0 unspecified atom stereocenters. The fraction of sp³-hybridized carbons (Fsp3) is 0.500. The lowest BCUT2D eigenvalue weighted by molar-refractivity contribution is 0.552. The molecule has 0 atom stereocenters. The van der Waals surface area contributed by atoms with E-state index < -0.39 is 0 Å². The van der Waals surface area contributed by atoms with Crippen LogP contribution in [0.5, 0.6) is 0 Å². The summed E-state index contributed by atoms with van der Waals surface area (Å²) in [5, 5.41) is 3.46. The summed E-state index contributed by atoms with van der Waals surface area (Å²) in [6.45, 7) is 5.21. The zero-order valence-electron chi connectivity index (χ0n) is 10.5. The van der Waals surface area contributed by atoms with Crippen LogP contribution in [0.4, 0.5) is 0 Å². The van der Waals surface area contributed by atoms with Gasteiger partial charge < -0.3 is 9.88 Å². The van der Waals surface area contributed by atoms with E-state index in [1.54, 1.807) is 0 Å². The predicted molar refractivity (Wildman–Crippen MR) is 70.0 cm³/mol. The van der Waals surface area contributed by atoms with Gasteiger partial charge in [-0.2, -0.15) is 0 Å². The van der Waals surface area contributed by atoms with Crippen molar-refractivity contribution in [1.29, 1.82) is 0 Å². The SMILES string of the molecule is CC(C)NCc1nc2ccccc2n1C1CC1. The molecule has 1 heterocycles. The molecule has 0 radical (unpaired) electrons. The second kappa shape index (κ2) is 4.15. The smallest absolute Gasteiger partial charge is 0.124 e. The second-order valence-corrected chi connectivity index (χ2v) is 5.15. The van der Waals surface area contributed by atoms with Crippen LogP contribution < -0.4 is 5.32 Å². The van der Waals surface area contributed by atoms with Crippen molar-refractivity contribution in [1.82, 2.24) is 14.9 Å². The first-order valence-corrected chi connectivity index (χ1v) is 6.45. The molecule has 3 rings (SSSR count). The zero-order valence-corrected chi connectivity index (χ0v) is 10.5. The molecule has 0 saturated heterocycles. The minimum Gasteiger partial charge on any atom is -0.324 e. The first-order valence-electron chi connectivity index (χ1n) is 6.45. The molecular weight excluding hydrogens is 210 g/mol. The maximum Gasteiger partial charge on any atom is 0.124 e. The van der Waals surface area contributed by atoms with Crippen molar-refractivity contribution in [3.8, 4) is 0 Å². The van der Waals surface area contributed by atoms with Crippen molar-refractivity contribution in [2.75, 3.05) is 0 Å². The quantitative estimate of drug-likeness (QED) is 0.873. The van der Waals surface area contributed by atoms with E-state index in [0.717, 1.165) is 12.1 Å². The van der Waals surface area contributed by atoms with Gasteiger partial charge in [-0.3, -0.25) is 0 Å². The Morgan fingerprint density at radius 2 is 2.12 bits per heavy atom. The van der Waals surface area contributed by atoms with Gasteiger partial charge in [0.2, 0.25) is 0 Å². The van der Waals surface area contributed by atoms with Crippen LogP contribution in [0.1, 0.15) is 38.6 Å². The molecule has 1 aromatic heterocycles. The number of aromatic nitrogens is 2. The molecule has 1 aliphatic rings. The molecule has 3 nitrogen and oxygen atoms in total. The summed E-state index contributed by atoms with van der Waals surface area (Å²) >= 11 is 0. The molecule has 17 heavy (non-hydrogen) atoms. The van der Waals surface area contributed by atoms with Crippen LogP contribution >= 0.6 is 0 Å². The molecule has 0 spiro atoms. The molecular formula is C14H19N3. The van der Waals surface area contributed by atoms with Crippen molar-refractivity contribution in [2.45, 2.75) is 45.3 Å². The van der Waals surface area contributed by atoms with Gasteiger partial charge in [0.15, 0.2) is 0 Å². The van der Waals surface area contributed by atoms with Crippen LogP contribution in [0.25, 0.3) is 11.0 Å². The average molecular weight is 229 g/mol. The molecule has 90 valence electrons. The van der Waals surface area contributed by atoms with Crippen LogP contribution in [-0.2, 0) is 6.54 Å². The molecule has 1 fully saturated rings. The summed E-state index contributed by atoms with van der Waals surface area (Å²) in [5.41, 5.74) is 2.41. The van der Waals surface area contributed by atoms with Gasteiger partial charge in [0, 0.05) is 12.1 Å². The Balaban J connectivity index is 2.00. The summed E-state index contributed by atoms with van der Waals surface area (Å²) in [5.74, 6) is 1.18. The van der Waals surface area contributed by atoms with Crippen molar-refractivity contribution in [3.05, 3.63) is 30.1 Å². The topological polar surface area (TPSA) is 29.9 Å². The standard InChI is InChI=1S/C14H19N3/c1-10(2)15-9-14-16-12-5-3-4-6-13(12)17(14)11-7-8-11/h3-6,10-11,15H,7-9H2,1-2H3. The number of nitrogens with one attached hydrogen (secondary N) is 1. The van der Waals surface area contributed by atoms with Crippen LogP contribution in [0.2, 0.25) is 0 Å². The highest BCUT2D eigenvalue weighted by Crippen LogP contribution is 2.38. The molecule has 2 aromatic rings. The molecule has 3 heteroatoms. The van der Waals surface area contributed by atoms with E-state index >= 15 is 0 Å². The number of benzene rings is 1. The van der Waals surface area contributed by atoms with Gasteiger partial charge in [-0.1, -0.05) is 26.0 Å². The lowest BCUT2D eigenvalue weighted by Gasteiger charge is -2.10. The second-order valence-electron chi connectivity index (χ2n) is 5.15. The summed E-state index contributed by atoms with van der Waals surface area (Å²) in [4.78, 5) is 4.75. The van der Waals surface area contributed by atoms with Gasteiger partial charge in [-0.05, 0) is 25.0 Å². The highest BCUT2D eigenvalue weighted by molar-refractivity contribution is 5.76.